The third-order valence-electron chi connectivity index (χ3n) is 5.64. The number of esters is 1. The molecule has 1 aromatic carbocycles. The second-order valence-corrected chi connectivity index (χ2v) is 9.79. The molecule has 0 aliphatic carbocycles. The molecule has 2 aromatic rings. The van der Waals surface area contributed by atoms with Crippen molar-refractivity contribution in [3.8, 4) is 0 Å². The number of benzene rings is 1. The van der Waals surface area contributed by atoms with Crippen molar-refractivity contribution >= 4 is 23.3 Å². The normalized spacial score (nSPS) is 13.9. The number of nitrogens with zero attached hydrogens (tertiary/aromatic N) is 2. The lowest BCUT2D eigenvalue weighted by atomic mass is 10.1. The Hall–Kier alpha value is -3.29. The van der Waals surface area contributed by atoms with Gasteiger partial charge in [0, 0.05) is 36.8 Å². The molecule has 0 fully saturated rings. The van der Waals surface area contributed by atoms with Crippen LogP contribution in [-0.2, 0) is 27.1 Å². The smallest absolute Gasteiger partial charge is 0.408 e. The second-order valence-electron chi connectivity index (χ2n) is 9.79. The molecular formula is C27H37N3O5. The number of amides is 1. The van der Waals surface area contributed by atoms with Gasteiger partial charge in [-0.1, -0.05) is 36.4 Å². The molecule has 1 aromatic heterocycles. The summed E-state index contributed by atoms with van der Waals surface area (Å²) in [6.45, 7) is 13.3. The summed E-state index contributed by atoms with van der Waals surface area (Å²) in [5.74, 6) is -0.0243. The highest BCUT2D eigenvalue weighted by Gasteiger charge is 2.27. The van der Waals surface area contributed by atoms with Crippen LogP contribution in [0.1, 0.15) is 64.0 Å². The van der Waals surface area contributed by atoms with Gasteiger partial charge in [0.25, 0.3) is 0 Å². The summed E-state index contributed by atoms with van der Waals surface area (Å²) < 4.78 is 15.8. The average Bonchev–Trinajstić information content (AvgIpc) is 3.36. The van der Waals surface area contributed by atoms with Gasteiger partial charge in [0.15, 0.2) is 0 Å². The van der Waals surface area contributed by atoms with Gasteiger partial charge in [-0.05, 0) is 58.6 Å². The molecule has 3 rings (SSSR count). The van der Waals surface area contributed by atoms with Crippen molar-refractivity contribution in [3.63, 3.8) is 0 Å². The van der Waals surface area contributed by atoms with Crippen molar-refractivity contribution in [2.45, 2.75) is 71.4 Å². The Bertz CT molecular complexity index is 1020. The highest BCUT2D eigenvalue weighted by molar-refractivity contribution is 5.84. The summed E-state index contributed by atoms with van der Waals surface area (Å²) in [4.78, 5) is 26.9. The van der Waals surface area contributed by atoms with Gasteiger partial charge in [0.05, 0.1) is 12.3 Å². The molecule has 1 N–H and O–H groups in total. The number of fused-ring (bicyclic) bond motifs is 1. The van der Waals surface area contributed by atoms with E-state index < -0.39 is 23.7 Å². The molecule has 0 saturated carbocycles. The summed E-state index contributed by atoms with van der Waals surface area (Å²) in [7, 11) is 0. The van der Waals surface area contributed by atoms with Gasteiger partial charge < -0.3 is 24.2 Å². The maximum atomic E-state index is 12.3. The van der Waals surface area contributed by atoms with E-state index in [-0.39, 0.29) is 13.0 Å². The van der Waals surface area contributed by atoms with Crippen LogP contribution in [0, 0.1) is 0 Å². The number of hydrogen-bond donors (Lipinski definition) is 1. The van der Waals surface area contributed by atoms with Crippen LogP contribution >= 0.6 is 0 Å². The van der Waals surface area contributed by atoms with Gasteiger partial charge in [0.2, 0.25) is 0 Å². The number of carbonyl (C=O) groups is 2. The number of alkyl carbamates (subject to hydrolysis) is 1. The molecule has 0 bridgehead atoms. The van der Waals surface area contributed by atoms with Gasteiger partial charge in [-0.3, -0.25) is 0 Å². The van der Waals surface area contributed by atoms with E-state index in [9.17, 15) is 9.59 Å². The predicted molar refractivity (Wildman–Crippen MR) is 135 cm³/mol. The summed E-state index contributed by atoms with van der Waals surface area (Å²) >= 11 is 0. The fourth-order valence-corrected chi connectivity index (χ4v) is 4.09. The highest BCUT2D eigenvalue weighted by atomic mass is 16.6. The summed E-state index contributed by atoms with van der Waals surface area (Å²) in [5.41, 5.74) is 3.87. The Morgan fingerprint density at radius 2 is 2.00 bits per heavy atom. The first kappa shape index (κ1) is 26.3. The van der Waals surface area contributed by atoms with Crippen LogP contribution in [0.2, 0.25) is 0 Å². The molecule has 2 heterocycles. The molecule has 1 amide bonds. The number of hydrogen-bond acceptors (Lipinski definition) is 7. The number of rotatable bonds is 11. The lowest BCUT2D eigenvalue weighted by Crippen LogP contribution is -2.45. The molecule has 1 aliphatic heterocycles. The van der Waals surface area contributed by atoms with E-state index in [2.05, 4.69) is 46.2 Å². The third kappa shape index (κ3) is 7.87. The molecule has 8 heteroatoms. The maximum absolute atomic E-state index is 12.3. The second kappa shape index (κ2) is 11.9. The van der Waals surface area contributed by atoms with E-state index >= 15 is 0 Å². The van der Waals surface area contributed by atoms with Crippen molar-refractivity contribution in [3.05, 3.63) is 53.9 Å². The van der Waals surface area contributed by atoms with Crippen molar-refractivity contribution < 1.29 is 23.6 Å². The summed E-state index contributed by atoms with van der Waals surface area (Å²) in [6.07, 6.45) is 3.38. The Morgan fingerprint density at radius 1 is 1.23 bits per heavy atom. The topological polar surface area (TPSA) is 93.9 Å². The minimum Gasteiger partial charge on any atom is -0.464 e. The first-order chi connectivity index (χ1) is 16.7. The Kier molecular flexibility index (Phi) is 8.95. The monoisotopic (exact) mass is 483 g/mol. The Labute approximate surface area is 207 Å². The van der Waals surface area contributed by atoms with Crippen molar-refractivity contribution in [1.29, 1.82) is 0 Å². The standard InChI is InChI=1S/C27H37N3O5/c1-6-33-25(31)23(28-26(32)34-27(3,4)5)17-21-16-20(29-35-21)12-8-7-11-15-30-18-19(2)22-13-9-10-14-24(22)30/h9-10,13-14,16,23H,2,6-8,11-12,15,17-18H2,1,3-5H3,(H,28,32). The lowest BCUT2D eigenvalue weighted by Gasteiger charge is -2.22. The number of unbranched alkanes of at least 4 members (excludes halogenated alkanes) is 2. The average molecular weight is 484 g/mol. The van der Waals surface area contributed by atoms with Gasteiger partial charge in [-0.2, -0.15) is 0 Å². The maximum Gasteiger partial charge on any atom is 0.408 e. The van der Waals surface area contributed by atoms with Crippen LogP contribution in [-0.4, -0.2) is 48.6 Å². The van der Waals surface area contributed by atoms with Crippen LogP contribution in [0.15, 0.2) is 41.4 Å². The summed E-state index contributed by atoms with van der Waals surface area (Å²) in [5, 5.41) is 6.71. The van der Waals surface area contributed by atoms with Crippen LogP contribution in [0.3, 0.4) is 0 Å². The first-order valence-electron chi connectivity index (χ1n) is 12.3. The third-order valence-corrected chi connectivity index (χ3v) is 5.64. The quantitative estimate of drug-likeness (QED) is 0.358. The van der Waals surface area contributed by atoms with Gasteiger partial charge in [-0.15, -0.1) is 0 Å². The van der Waals surface area contributed by atoms with E-state index in [4.69, 9.17) is 14.0 Å². The number of aryl methyl sites for hydroxylation is 1. The Morgan fingerprint density at radius 3 is 2.74 bits per heavy atom. The van der Waals surface area contributed by atoms with Crippen molar-refractivity contribution in [2.24, 2.45) is 0 Å². The lowest BCUT2D eigenvalue weighted by molar-refractivity contribution is -0.145. The zero-order valence-corrected chi connectivity index (χ0v) is 21.3. The Balaban J connectivity index is 1.44. The minimum atomic E-state index is -0.913. The zero-order chi connectivity index (χ0) is 25.4. The SMILES string of the molecule is C=C1CN(CCCCCc2cc(CC(NC(=O)OC(C)(C)C)C(=O)OCC)on2)c2ccccc21. The number of aromatic nitrogens is 1. The minimum absolute atomic E-state index is 0.142. The van der Waals surface area contributed by atoms with E-state index in [1.165, 1.54) is 16.8 Å². The number of ether oxygens (including phenoxy) is 2. The molecule has 8 nitrogen and oxygen atoms in total. The van der Waals surface area contributed by atoms with Crippen LogP contribution < -0.4 is 10.2 Å². The molecule has 0 radical (unpaired) electrons. The highest BCUT2D eigenvalue weighted by Crippen LogP contribution is 2.34. The van der Waals surface area contributed by atoms with Crippen LogP contribution in [0.4, 0.5) is 10.5 Å². The van der Waals surface area contributed by atoms with E-state index in [1.807, 2.05) is 6.07 Å². The van der Waals surface area contributed by atoms with Crippen LogP contribution in [0.25, 0.3) is 5.57 Å². The van der Waals surface area contributed by atoms with E-state index in [0.717, 1.165) is 44.5 Å². The molecule has 190 valence electrons. The van der Waals surface area contributed by atoms with Crippen molar-refractivity contribution in [1.82, 2.24) is 10.5 Å². The number of para-hydroxylation sites is 1. The van der Waals surface area contributed by atoms with E-state index in [1.54, 1.807) is 27.7 Å². The molecule has 35 heavy (non-hydrogen) atoms. The van der Waals surface area contributed by atoms with Crippen molar-refractivity contribution in [2.75, 3.05) is 24.6 Å². The molecular weight excluding hydrogens is 446 g/mol. The van der Waals surface area contributed by atoms with E-state index in [0.29, 0.717) is 5.76 Å². The number of anilines is 1. The predicted octanol–water partition coefficient (Wildman–Crippen LogP) is 4.92. The van der Waals surface area contributed by atoms with Gasteiger partial charge in [-0.25, -0.2) is 9.59 Å². The largest absolute Gasteiger partial charge is 0.464 e. The van der Waals surface area contributed by atoms with Gasteiger partial charge >= 0.3 is 12.1 Å². The van der Waals surface area contributed by atoms with Gasteiger partial charge in [0.1, 0.15) is 17.4 Å². The first-order valence-corrected chi connectivity index (χ1v) is 12.3. The molecule has 0 saturated heterocycles. The molecule has 1 aliphatic rings. The zero-order valence-electron chi connectivity index (χ0n) is 21.3. The molecule has 1 atom stereocenters. The summed E-state index contributed by atoms with van der Waals surface area (Å²) in [6, 6.07) is 9.35. The fourth-order valence-electron chi connectivity index (χ4n) is 4.09. The number of nitrogens with one attached hydrogen (secondary N) is 1. The number of carbonyl (C=O) groups excluding carboxylic acids is 2. The molecule has 1 unspecified atom stereocenters. The van der Waals surface area contributed by atoms with Crippen LogP contribution in [0.5, 0.6) is 0 Å². The fraction of sp³-hybridized carbons (Fsp3) is 0.519. The molecule has 0 spiro atoms.